The van der Waals surface area contributed by atoms with Crippen LogP contribution in [0.25, 0.3) is 0 Å². The Hall–Kier alpha value is -1.41. The molecule has 0 aromatic heterocycles. The van der Waals surface area contributed by atoms with Crippen LogP contribution in [-0.4, -0.2) is 45.5 Å². The molecule has 1 aliphatic carbocycles. The Kier molecular flexibility index (Phi) is 4.70. The van der Waals surface area contributed by atoms with Crippen molar-refractivity contribution in [3.05, 3.63) is 29.8 Å². The second-order valence-electron chi connectivity index (χ2n) is 6.55. The Balaban J connectivity index is 1.73. The molecular weight excluding hydrogens is 350 g/mol. The van der Waals surface area contributed by atoms with Gasteiger partial charge in [-0.15, -0.1) is 0 Å². The zero-order chi connectivity index (χ0) is 17.4. The topological polar surface area (TPSA) is 97.4 Å². The van der Waals surface area contributed by atoms with E-state index in [9.17, 15) is 21.6 Å². The third-order valence-corrected chi connectivity index (χ3v) is 8.95. The second kappa shape index (κ2) is 6.48. The lowest BCUT2D eigenvalue weighted by molar-refractivity contribution is 0.0937. The predicted molar refractivity (Wildman–Crippen MR) is 90.4 cm³/mol. The van der Waals surface area contributed by atoms with Gasteiger partial charge in [-0.3, -0.25) is 4.79 Å². The summed E-state index contributed by atoms with van der Waals surface area (Å²) in [5.74, 6) is -0.604. The number of hydrogen-bond acceptors (Lipinski definition) is 5. The van der Waals surface area contributed by atoms with Crippen molar-refractivity contribution in [3.8, 4) is 0 Å². The monoisotopic (exact) mass is 371 g/mol. The number of carbonyl (C=O) groups excluding carboxylic acids is 1. The largest absolute Gasteiger partial charge is 0.349 e. The first kappa shape index (κ1) is 17.4. The van der Waals surface area contributed by atoms with Crippen molar-refractivity contribution >= 4 is 25.6 Å². The number of sulfone groups is 2. The Morgan fingerprint density at radius 1 is 1.04 bits per heavy atom. The molecule has 0 bridgehead atoms. The van der Waals surface area contributed by atoms with E-state index in [1.807, 2.05) is 0 Å². The van der Waals surface area contributed by atoms with Gasteiger partial charge in [0.1, 0.15) is 0 Å². The van der Waals surface area contributed by atoms with E-state index in [2.05, 4.69) is 5.32 Å². The van der Waals surface area contributed by atoms with Gasteiger partial charge in [-0.2, -0.15) is 0 Å². The first-order chi connectivity index (χ1) is 11.3. The molecule has 0 spiro atoms. The molecule has 2 aliphatic rings. The van der Waals surface area contributed by atoms with Crippen LogP contribution < -0.4 is 5.32 Å². The van der Waals surface area contributed by atoms with Gasteiger partial charge in [-0.05, 0) is 43.5 Å². The van der Waals surface area contributed by atoms with Crippen molar-refractivity contribution in [2.45, 2.75) is 48.3 Å². The van der Waals surface area contributed by atoms with E-state index in [1.165, 1.54) is 24.3 Å². The van der Waals surface area contributed by atoms with Gasteiger partial charge >= 0.3 is 0 Å². The van der Waals surface area contributed by atoms with E-state index in [0.717, 1.165) is 25.7 Å². The lowest BCUT2D eigenvalue weighted by Gasteiger charge is -2.13. The molecule has 1 aromatic carbocycles. The summed E-state index contributed by atoms with van der Waals surface area (Å²) in [7, 11) is -6.95. The number of amides is 1. The molecule has 1 aliphatic heterocycles. The lowest BCUT2D eigenvalue weighted by Crippen LogP contribution is -2.32. The van der Waals surface area contributed by atoms with Crippen LogP contribution in [0.15, 0.2) is 29.2 Å². The molecule has 1 saturated heterocycles. The van der Waals surface area contributed by atoms with Crippen LogP contribution in [0.4, 0.5) is 0 Å². The molecule has 24 heavy (non-hydrogen) atoms. The lowest BCUT2D eigenvalue weighted by atomic mass is 10.2. The van der Waals surface area contributed by atoms with Crippen molar-refractivity contribution in [2.24, 2.45) is 0 Å². The molecule has 1 atom stereocenters. The summed E-state index contributed by atoms with van der Waals surface area (Å²) in [6.07, 6.45) is 4.33. The summed E-state index contributed by atoms with van der Waals surface area (Å²) in [5, 5.41) is 2.06. The molecule has 3 rings (SSSR count). The highest BCUT2D eigenvalue weighted by Crippen LogP contribution is 2.25. The number of benzene rings is 1. The molecule has 1 amide bonds. The molecule has 1 heterocycles. The summed E-state index contributed by atoms with van der Waals surface area (Å²) in [4.78, 5) is 12.2. The van der Waals surface area contributed by atoms with E-state index < -0.39 is 24.9 Å². The van der Waals surface area contributed by atoms with Crippen molar-refractivity contribution in [3.63, 3.8) is 0 Å². The summed E-state index contributed by atoms with van der Waals surface area (Å²) < 4.78 is 48.1. The second-order valence-corrected chi connectivity index (χ2v) is 11.0. The van der Waals surface area contributed by atoms with Crippen molar-refractivity contribution in [1.29, 1.82) is 0 Å². The first-order valence-corrected chi connectivity index (χ1v) is 11.5. The molecule has 8 heteroatoms. The minimum absolute atomic E-state index is 0.0713. The average Bonchev–Trinajstić information content (AvgIpc) is 3.17. The highest BCUT2D eigenvalue weighted by atomic mass is 32.2. The van der Waals surface area contributed by atoms with Gasteiger partial charge in [-0.1, -0.05) is 12.8 Å². The van der Waals surface area contributed by atoms with Gasteiger partial charge in [0.15, 0.2) is 19.7 Å². The summed E-state index contributed by atoms with van der Waals surface area (Å²) in [5.41, 5.74) is 0.417. The standard InChI is InChI=1S/C16H21NO5S2/c18-16(17-13-3-1-2-4-13)12-5-7-14(8-6-12)24(21,22)15-9-10-23(19,20)11-15/h5-8,13,15H,1-4,9-11H2,(H,17,18)/t15-/m0/s1. The van der Waals surface area contributed by atoms with Crippen LogP contribution in [0.3, 0.4) is 0 Å². The summed E-state index contributed by atoms with van der Waals surface area (Å²) in [6, 6.07) is 5.96. The fraction of sp³-hybridized carbons (Fsp3) is 0.562. The van der Waals surface area contributed by atoms with Crippen LogP contribution in [-0.2, 0) is 19.7 Å². The number of nitrogens with one attached hydrogen (secondary N) is 1. The van der Waals surface area contributed by atoms with E-state index in [-0.39, 0.29) is 34.8 Å². The summed E-state index contributed by atoms with van der Waals surface area (Å²) >= 11 is 0. The molecule has 132 valence electrons. The van der Waals surface area contributed by atoms with Crippen LogP contribution in [0.1, 0.15) is 42.5 Å². The maximum atomic E-state index is 12.5. The fourth-order valence-electron chi connectivity index (χ4n) is 3.33. The number of rotatable bonds is 4. The minimum atomic E-state index is -3.69. The zero-order valence-electron chi connectivity index (χ0n) is 13.3. The molecule has 1 N–H and O–H groups in total. The SMILES string of the molecule is O=C(NC1CCCC1)c1ccc(S(=O)(=O)[C@H]2CCS(=O)(=O)C2)cc1. The van der Waals surface area contributed by atoms with Crippen LogP contribution in [0.5, 0.6) is 0 Å². The van der Waals surface area contributed by atoms with Gasteiger partial charge in [0.25, 0.3) is 5.91 Å². The predicted octanol–water partition coefficient (Wildman–Crippen LogP) is 1.32. The minimum Gasteiger partial charge on any atom is -0.349 e. The maximum Gasteiger partial charge on any atom is 0.251 e. The van der Waals surface area contributed by atoms with Gasteiger partial charge in [0.05, 0.1) is 21.7 Å². The van der Waals surface area contributed by atoms with Gasteiger partial charge in [-0.25, -0.2) is 16.8 Å². The normalized spacial score (nSPS) is 24.1. The third-order valence-electron chi connectivity index (χ3n) is 4.76. The smallest absolute Gasteiger partial charge is 0.251 e. The van der Waals surface area contributed by atoms with E-state index in [4.69, 9.17) is 0 Å². The van der Waals surface area contributed by atoms with Gasteiger partial charge in [0, 0.05) is 11.6 Å². The molecule has 1 saturated carbocycles. The molecule has 6 nitrogen and oxygen atoms in total. The van der Waals surface area contributed by atoms with Crippen LogP contribution in [0, 0.1) is 0 Å². The van der Waals surface area contributed by atoms with E-state index in [0.29, 0.717) is 5.56 Å². The molecule has 0 radical (unpaired) electrons. The van der Waals surface area contributed by atoms with Crippen molar-refractivity contribution in [2.75, 3.05) is 11.5 Å². The van der Waals surface area contributed by atoms with E-state index in [1.54, 1.807) is 0 Å². The Labute approximate surface area is 142 Å². The van der Waals surface area contributed by atoms with Gasteiger partial charge in [0.2, 0.25) is 0 Å². The van der Waals surface area contributed by atoms with E-state index >= 15 is 0 Å². The quantitative estimate of drug-likeness (QED) is 0.861. The highest BCUT2D eigenvalue weighted by Gasteiger charge is 2.38. The molecule has 2 fully saturated rings. The molecule has 1 aromatic rings. The Bertz CT molecular complexity index is 822. The fourth-order valence-corrected chi connectivity index (χ4v) is 7.69. The molecular formula is C16H21NO5S2. The average molecular weight is 371 g/mol. The zero-order valence-corrected chi connectivity index (χ0v) is 14.9. The summed E-state index contributed by atoms with van der Waals surface area (Å²) in [6.45, 7) is 0. The van der Waals surface area contributed by atoms with Crippen molar-refractivity contribution in [1.82, 2.24) is 5.32 Å². The van der Waals surface area contributed by atoms with Crippen LogP contribution >= 0.6 is 0 Å². The van der Waals surface area contributed by atoms with Crippen molar-refractivity contribution < 1.29 is 21.6 Å². The third kappa shape index (κ3) is 3.64. The number of hydrogen-bond donors (Lipinski definition) is 1. The number of carbonyl (C=O) groups is 1. The Morgan fingerprint density at radius 3 is 2.21 bits per heavy atom. The maximum absolute atomic E-state index is 12.5. The van der Waals surface area contributed by atoms with Gasteiger partial charge < -0.3 is 5.32 Å². The first-order valence-electron chi connectivity index (χ1n) is 8.13. The Morgan fingerprint density at radius 2 is 1.67 bits per heavy atom. The highest BCUT2D eigenvalue weighted by molar-refractivity contribution is 7.96. The molecule has 0 unspecified atom stereocenters. The van der Waals surface area contributed by atoms with Crippen LogP contribution in [0.2, 0.25) is 0 Å².